The first kappa shape index (κ1) is 10.4. The van der Waals surface area contributed by atoms with Crippen LogP contribution in [0.2, 0.25) is 0 Å². The molecule has 5 heteroatoms. The van der Waals surface area contributed by atoms with Crippen LogP contribution in [0.15, 0.2) is 35.3 Å². The largest absolute Gasteiger partial charge is 0.480 e. The molecule has 0 bridgehead atoms. The molecule has 1 heterocycles. The van der Waals surface area contributed by atoms with Gasteiger partial charge in [0.1, 0.15) is 6.61 Å². The molecule has 0 aromatic heterocycles. The predicted molar refractivity (Wildman–Crippen MR) is 55.6 cm³/mol. The van der Waals surface area contributed by atoms with E-state index in [0.29, 0.717) is 5.69 Å². The third kappa shape index (κ3) is 1.93. The van der Waals surface area contributed by atoms with Crippen LogP contribution in [0.3, 0.4) is 0 Å². The second-order valence-corrected chi connectivity index (χ2v) is 3.31. The molecule has 1 N–H and O–H groups in total. The summed E-state index contributed by atoms with van der Waals surface area (Å²) in [6, 6.07) is 8.77. The van der Waals surface area contributed by atoms with Crippen LogP contribution in [0.1, 0.15) is 0 Å². The van der Waals surface area contributed by atoms with E-state index in [-0.39, 0.29) is 12.5 Å². The standard InChI is InChI=1S/C11H9NO4/c13-8-6-16-10(9(8)11(14)15)12-7-4-2-1-3-5-7/h1-5,9H,6H2,(H,14,15). The number of ketones is 1. The molecule has 0 amide bonds. The van der Waals surface area contributed by atoms with Crippen molar-refractivity contribution in [2.75, 3.05) is 6.61 Å². The number of aliphatic imine (C=N–C) groups is 1. The first-order valence-electron chi connectivity index (χ1n) is 4.70. The maximum absolute atomic E-state index is 11.2. The highest BCUT2D eigenvalue weighted by Gasteiger charge is 2.39. The highest BCUT2D eigenvalue weighted by Crippen LogP contribution is 2.18. The minimum atomic E-state index is -1.26. The molecule has 1 aromatic rings. The molecular formula is C11H9NO4. The number of carbonyl (C=O) groups is 2. The van der Waals surface area contributed by atoms with Crippen LogP contribution >= 0.6 is 0 Å². The number of carboxylic acid groups (broad SMARTS) is 1. The van der Waals surface area contributed by atoms with Gasteiger partial charge in [0, 0.05) is 0 Å². The molecule has 0 radical (unpaired) electrons. The fraction of sp³-hybridized carbons (Fsp3) is 0.182. The molecule has 1 aliphatic rings. The summed E-state index contributed by atoms with van der Waals surface area (Å²) in [6.07, 6.45) is 0. The lowest BCUT2D eigenvalue weighted by Gasteiger charge is -2.01. The van der Waals surface area contributed by atoms with Gasteiger partial charge in [0.25, 0.3) is 0 Å². The molecule has 1 unspecified atom stereocenters. The van der Waals surface area contributed by atoms with Gasteiger partial charge in [-0.15, -0.1) is 0 Å². The van der Waals surface area contributed by atoms with Crippen LogP contribution in [0.25, 0.3) is 0 Å². The Hall–Kier alpha value is -2.17. The number of hydrogen-bond acceptors (Lipinski definition) is 4. The van der Waals surface area contributed by atoms with Gasteiger partial charge in [0.2, 0.25) is 5.90 Å². The van der Waals surface area contributed by atoms with Crippen molar-refractivity contribution in [2.24, 2.45) is 10.9 Å². The molecule has 1 saturated heterocycles. The number of aliphatic carboxylic acids is 1. The molecule has 5 nitrogen and oxygen atoms in total. The van der Waals surface area contributed by atoms with Gasteiger partial charge >= 0.3 is 5.97 Å². The predicted octanol–water partition coefficient (Wildman–Crippen LogP) is 1.02. The van der Waals surface area contributed by atoms with Gasteiger partial charge in [0.15, 0.2) is 11.7 Å². The van der Waals surface area contributed by atoms with E-state index < -0.39 is 17.7 Å². The zero-order valence-electron chi connectivity index (χ0n) is 8.29. The third-order valence-corrected chi connectivity index (χ3v) is 2.17. The van der Waals surface area contributed by atoms with Crippen LogP contribution in [0.4, 0.5) is 5.69 Å². The number of Topliss-reactive ketones (excluding diaryl/α,β-unsaturated/α-hetero) is 1. The Kier molecular flexibility index (Phi) is 2.68. The lowest BCUT2D eigenvalue weighted by atomic mass is 10.1. The normalized spacial score (nSPS) is 22.1. The van der Waals surface area contributed by atoms with Crippen LogP contribution in [0.5, 0.6) is 0 Å². The highest BCUT2D eigenvalue weighted by atomic mass is 16.5. The average Bonchev–Trinajstić information content (AvgIpc) is 2.61. The number of carbonyl (C=O) groups excluding carboxylic acids is 1. The average molecular weight is 219 g/mol. The minimum Gasteiger partial charge on any atom is -0.480 e. The van der Waals surface area contributed by atoms with Gasteiger partial charge in [-0.2, -0.15) is 0 Å². The van der Waals surface area contributed by atoms with Crippen molar-refractivity contribution in [1.82, 2.24) is 0 Å². The van der Waals surface area contributed by atoms with Crippen molar-refractivity contribution in [1.29, 1.82) is 0 Å². The van der Waals surface area contributed by atoms with Gasteiger partial charge < -0.3 is 9.84 Å². The Morgan fingerprint density at radius 2 is 2.06 bits per heavy atom. The van der Waals surface area contributed by atoms with E-state index >= 15 is 0 Å². The number of rotatable bonds is 2. The van der Waals surface area contributed by atoms with E-state index in [4.69, 9.17) is 9.84 Å². The van der Waals surface area contributed by atoms with Crippen LogP contribution in [0, 0.1) is 5.92 Å². The topological polar surface area (TPSA) is 76.0 Å². The number of para-hydroxylation sites is 1. The number of ether oxygens (including phenoxy) is 1. The van der Waals surface area contributed by atoms with Crippen LogP contribution in [-0.2, 0) is 14.3 Å². The van der Waals surface area contributed by atoms with Crippen molar-refractivity contribution >= 4 is 23.3 Å². The van der Waals surface area contributed by atoms with Crippen LogP contribution < -0.4 is 0 Å². The van der Waals surface area contributed by atoms with Crippen molar-refractivity contribution < 1.29 is 19.4 Å². The summed E-state index contributed by atoms with van der Waals surface area (Å²) in [4.78, 5) is 26.1. The smallest absolute Gasteiger partial charge is 0.323 e. The summed E-state index contributed by atoms with van der Waals surface area (Å²) in [5.41, 5.74) is 0.568. The molecule has 2 rings (SSSR count). The molecule has 1 atom stereocenters. The van der Waals surface area contributed by atoms with E-state index in [1.165, 1.54) is 0 Å². The molecular weight excluding hydrogens is 210 g/mol. The number of nitrogens with zero attached hydrogens (tertiary/aromatic N) is 1. The first-order valence-corrected chi connectivity index (χ1v) is 4.70. The Morgan fingerprint density at radius 1 is 1.38 bits per heavy atom. The maximum Gasteiger partial charge on any atom is 0.323 e. The SMILES string of the molecule is O=C(O)C1C(=O)COC1=Nc1ccccc1. The van der Waals surface area contributed by atoms with Crippen molar-refractivity contribution in [3.63, 3.8) is 0 Å². The lowest BCUT2D eigenvalue weighted by Crippen LogP contribution is -2.25. The second-order valence-electron chi connectivity index (χ2n) is 3.31. The number of benzene rings is 1. The summed E-state index contributed by atoms with van der Waals surface area (Å²) in [5, 5.41) is 8.85. The van der Waals surface area contributed by atoms with Gasteiger partial charge in [-0.3, -0.25) is 9.59 Å². The zero-order valence-corrected chi connectivity index (χ0v) is 8.29. The summed E-state index contributed by atoms with van der Waals surface area (Å²) < 4.78 is 4.96. The van der Waals surface area contributed by atoms with E-state index in [1.54, 1.807) is 24.3 Å². The first-order chi connectivity index (χ1) is 7.68. The Balaban J connectivity index is 2.31. The monoisotopic (exact) mass is 219 g/mol. The van der Waals surface area contributed by atoms with Gasteiger partial charge in [-0.1, -0.05) is 18.2 Å². The summed E-state index contributed by atoms with van der Waals surface area (Å²) >= 11 is 0. The van der Waals surface area contributed by atoms with E-state index in [2.05, 4.69) is 4.99 Å². The van der Waals surface area contributed by atoms with E-state index in [9.17, 15) is 9.59 Å². The van der Waals surface area contributed by atoms with Gasteiger partial charge in [-0.05, 0) is 12.1 Å². The zero-order chi connectivity index (χ0) is 11.5. The van der Waals surface area contributed by atoms with Gasteiger partial charge in [-0.25, -0.2) is 4.99 Å². The quantitative estimate of drug-likeness (QED) is 0.753. The molecule has 1 aromatic carbocycles. The van der Waals surface area contributed by atoms with Crippen molar-refractivity contribution in [3.05, 3.63) is 30.3 Å². The Morgan fingerprint density at radius 3 is 2.69 bits per heavy atom. The minimum absolute atomic E-state index is 0.0382. The van der Waals surface area contributed by atoms with E-state index in [0.717, 1.165) is 0 Å². The number of carboxylic acids is 1. The maximum atomic E-state index is 11.2. The van der Waals surface area contributed by atoms with Gasteiger partial charge in [0.05, 0.1) is 5.69 Å². The molecule has 16 heavy (non-hydrogen) atoms. The third-order valence-electron chi connectivity index (χ3n) is 2.17. The highest BCUT2D eigenvalue weighted by molar-refractivity contribution is 6.20. The molecule has 82 valence electrons. The summed E-state index contributed by atoms with van der Waals surface area (Å²) in [5.74, 6) is -3.00. The van der Waals surface area contributed by atoms with Crippen molar-refractivity contribution in [2.45, 2.75) is 0 Å². The van der Waals surface area contributed by atoms with E-state index in [1.807, 2.05) is 6.07 Å². The molecule has 0 aliphatic carbocycles. The summed E-state index contributed by atoms with van der Waals surface area (Å²) in [7, 11) is 0. The second kappa shape index (κ2) is 4.14. The Labute approximate surface area is 91.4 Å². The molecule has 0 saturated carbocycles. The fourth-order valence-electron chi connectivity index (χ4n) is 1.42. The molecule has 0 spiro atoms. The molecule has 1 aliphatic heterocycles. The fourth-order valence-corrected chi connectivity index (χ4v) is 1.42. The van der Waals surface area contributed by atoms with Crippen LogP contribution in [-0.4, -0.2) is 29.4 Å². The Bertz CT molecular complexity index is 452. The molecule has 1 fully saturated rings. The lowest BCUT2D eigenvalue weighted by molar-refractivity contribution is -0.142. The summed E-state index contributed by atoms with van der Waals surface area (Å²) in [6.45, 7) is -0.220. The van der Waals surface area contributed by atoms with Crippen molar-refractivity contribution in [3.8, 4) is 0 Å². The number of hydrogen-bond donors (Lipinski definition) is 1.